The summed E-state index contributed by atoms with van der Waals surface area (Å²) >= 11 is 45.6. The summed E-state index contributed by atoms with van der Waals surface area (Å²) in [5.74, 6) is -5.33. The second-order valence-electron chi connectivity index (χ2n) is 10.3. The monoisotopic (exact) mass is 694 g/mol. The number of rotatable bonds is 4. The molecule has 2 aliphatic heterocycles. The van der Waals surface area contributed by atoms with Crippen LogP contribution in [-0.2, 0) is 19.2 Å². The number of hydrogen-bond acceptors (Lipinski definition) is 5. The van der Waals surface area contributed by atoms with E-state index in [1.165, 1.54) is 23.1 Å². The average Bonchev–Trinajstić information content (AvgIpc) is 3.50. The SMILES string of the molecule is Cc1cc(OC(=O)[C@@H]2CC(=O)N(c3ccccc3Cl)C2)ccc1N1C(=O)[C@H]2[C@H](C1=O)[C@@]1(Cl)C(Cl)=C(Cl)[C@@]2(Cl)C1(Cl)Cl. The number of ether oxygens (including phenoxy) is 1. The van der Waals surface area contributed by atoms with Crippen molar-refractivity contribution in [2.75, 3.05) is 16.3 Å². The first-order chi connectivity index (χ1) is 19.2. The molecule has 2 saturated heterocycles. The maximum atomic E-state index is 13.7. The lowest BCUT2D eigenvalue weighted by atomic mass is 9.84. The van der Waals surface area contributed by atoms with Crippen LogP contribution in [0, 0.1) is 24.7 Å². The number of carbonyl (C=O) groups excluding carboxylic acids is 4. The third-order valence-corrected chi connectivity index (χ3v) is 12.7. The molecule has 0 spiro atoms. The number of para-hydroxylation sites is 1. The number of esters is 1. The molecule has 0 aromatic heterocycles. The van der Waals surface area contributed by atoms with Crippen molar-refractivity contribution in [1.29, 1.82) is 0 Å². The van der Waals surface area contributed by atoms with Crippen molar-refractivity contribution >= 4 is 116 Å². The third kappa shape index (κ3) is 3.73. The molecule has 214 valence electrons. The van der Waals surface area contributed by atoms with Gasteiger partial charge in [0.15, 0.2) is 4.33 Å². The Labute approximate surface area is 269 Å². The number of carbonyl (C=O) groups is 4. The second kappa shape index (κ2) is 9.65. The van der Waals surface area contributed by atoms with E-state index in [0.717, 1.165) is 4.90 Å². The van der Waals surface area contributed by atoms with Crippen molar-refractivity contribution in [2.24, 2.45) is 17.8 Å². The maximum Gasteiger partial charge on any atom is 0.316 e. The van der Waals surface area contributed by atoms with Crippen LogP contribution in [0.5, 0.6) is 5.75 Å². The Morgan fingerprint density at radius 3 is 2.02 bits per heavy atom. The molecular formula is C27H17Cl7N2O5. The largest absolute Gasteiger partial charge is 0.426 e. The fourth-order valence-electron chi connectivity index (χ4n) is 6.14. The van der Waals surface area contributed by atoms with Crippen LogP contribution in [0.1, 0.15) is 12.0 Å². The van der Waals surface area contributed by atoms with Crippen LogP contribution in [-0.4, -0.2) is 44.3 Å². The molecule has 3 fully saturated rings. The third-order valence-electron chi connectivity index (χ3n) is 8.14. The highest BCUT2D eigenvalue weighted by molar-refractivity contribution is 6.67. The number of alkyl halides is 4. The van der Waals surface area contributed by atoms with E-state index in [0.29, 0.717) is 16.3 Å². The van der Waals surface area contributed by atoms with Crippen LogP contribution in [0.2, 0.25) is 5.02 Å². The lowest BCUT2D eigenvalue weighted by Gasteiger charge is -2.34. The van der Waals surface area contributed by atoms with Crippen molar-refractivity contribution in [2.45, 2.75) is 27.4 Å². The Morgan fingerprint density at radius 1 is 0.878 bits per heavy atom. The van der Waals surface area contributed by atoms with Gasteiger partial charge in [0.25, 0.3) is 0 Å². The quantitative estimate of drug-likeness (QED) is 0.157. The van der Waals surface area contributed by atoms with Gasteiger partial charge in [-0.25, -0.2) is 4.90 Å². The van der Waals surface area contributed by atoms with Gasteiger partial charge in [-0.2, -0.15) is 0 Å². The highest BCUT2D eigenvalue weighted by Gasteiger charge is 2.87. The summed E-state index contributed by atoms with van der Waals surface area (Å²) in [4.78, 5) is 51.4. The number of imide groups is 1. The summed E-state index contributed by atoms with van der Waals surface area (Å²) in [6.45, 7) is 1.74. The molecule has 5 atom stereocenters. The van der Waals surface area contributed by atoms with Gasteiger partial charge in [-0.05, 0) is 42.8 Å². The smallest absolute Gasteiger partial charge is 0.316 e. The molecule has 4 aliphatic rings. The highest BCUT2D eigenvalue weighted by Crippen LogP contribution is 2.77. The lowest BCUT2D eigenvalue weighted by molar-refractivity contribution is -0.139. The van der Waals surface area contributed by atoms with E-state index >= 15 is 0 Å². The molecule has 0 N–H and O–H groups in total. The van der Waals surface area contributed by atoms with Crippen molar-refractivity contribution < 1.29 is 23.9 Å². The zero-order valence-electron chi connectivity index (χ0n) is 20.8. The Balaban J connectivity index is 1.22. The highest BCUT2D eigenvalue weighted by atomic mass is 35.5. The average molecular weight is 698 g/mol. The van der Waals surface area contributed by atoms with E-state index in [-0.39, 0.29) is 40.4 Å². The molecule has 3 amide bonds. The van der Waals surface area contributed by atoms with Gasteiger partial charge in [0.1, 0.15) is 15.5 Å². The van der Waals surface area contributed by atoms with Crippen LogP contribution in [0.25, 0.3) is 0 Å². The van der Waals surface area contributed by atoms with Gasteiger partial charge in [-0.3, -0.25) is 19.2 Å². The van der Waals surface area contributed by atoms with E-state index in [1.807, 2.05) is 0 Å². The van der Waals surface area contributed by atoms with Crippen molar-refractivity contribution in [3.05, 3.63) is 63.1 Å². The van der Waals surface area contributed by atoms with Crippen LogP contribution < -0.4 is 14.5 Å². The van der Waals surface area contributed by atoms with E-state index in [1.54, 1.807) is 31.2 Å². The zero-order valence-corrected chi connectivity index (χ0v) is 26.1. The molecule has 14 heteroatoms. The van der Waals surface area contributed by atoms with Gasteiger partial charge < -0.3 is 9.64 Å². The Bertz CT molecular complexity index is 1570. The molecule has 6 rings (SSSR count). The molecule has 2 bridgehead atoms. The van der Waals surface area contributed by atoms with Crippen LogP contribution in [0.4, 0.5) is 11.4 Å². The van der Waals surface area contributed by atoms with Gasteiger partial charge in [0.2, 0.25) is 17.7 Å². The fraction of sp³-hybridized carbons (Fsp3) is 0.333. The number of hydrogen-bond donors (Lipinski definition) is 0. The minimum absolute atomic E-state index is 0.0389. The summed E-state index contributed by atoms with van der Waals surface area (Å²) in [5.41, 5.74) is 1.17. The molecule has 2 aromatic carbocycles. The van der Waals surface area contributed by atoms with Crippen molar-refractivity contribution in [3.63, 3.8) is 0 Å². The molecule has 2 heterocycles. The molecule has 2 aromatic rings. The molecule has 2 aliphatic carbocycles. The van der Waals surface area contributed by atoms with Crippen LogP contribution in [0.15, 0.2) is 52.5 Å². The predicted octanol–water partition coefficient (Wildman–Crippen LogP) is 6.56. The molecule has 7 nitrogen and oxygen atoms in total. The van der Waals surface area contributed by atoms with E-state index in [9.17, 15) is 19.2 Å². The normalized spacial score (nSPS) is 31.9. The van der Waals surface area contributed by atoms with Gasteiger partial charge >= 0.3 is 5.97 Å². The lowest BCUT2D eigenvalue weighted by Crippen LogP contribution is -2.50. The zero-order chi connectivity index (χ0) is 29.8. The maximum absolute atomic E-state index is 13.7. The van der Waals surface area contributed by atoms with Crippen LogP contribution in [0.3, 0.4) is 0 Å². The molecule has 0 unspecified atom stereocenters. The van der Waals surface area contributed by atoms with Gasteiger partial charge in [0, 0.05) is 13.0 Å². The van der Waals surface area contributed by atoms with E-state index < -0.39 is 49.6 Å². The summed E-state index contributed by atoms with van der Waals surface area (Å²) in [6.07, 6.45) is -0.0389. The van der Waals surface area contributed by atoms with Gasteiger partial charge in [-0.15, -0.1) is 23.2 Å². The topological polar surface area (TPSA) is 84.0 Å². The number of halogens is 7. The molecule has 41 heavy (non-hydrogen) atoms. The number of benzene rings is 2. The fourth-order valence-corrected chi connectivity index (χ4v) is 9.31. The number of anilines is 2. The minimum atomic E-state index is -2.03. The standard InChI is InChI=1S/C27H17Cl7N2O5/c1-11-8-13(41-24(40)12-9-17(37)35(10-12)16-5-3-2-4-14(16)28)6-7-15(11)36-22(38)18-19(23(36)39)26(32)21(30)20(29)25(18,31)27(26,33)34/h2-8,12,18-19H,9-10H2,1H3/t12-,18-,19-,25-,26-/m1/s1. The molecule has 1 saturated carbocycles. The number of allylic oxidation sites excluding steroid dienone is 2. The number of amides is 3. The number of nitrogens with zero attached hydrogens (tertiary/aromatic N) is 2. The Morgan fingerprint density at radius 2 is 1.46 bits per heavy atom. The van der Waals surface area contributed by atoms with Gasteiger partial charge in [0.05, 0.1) is 44.2 Å². The number of aryl methyl sites for hydroxylation is 1. The first-order valence-corrected chi connectivity index (χ1v) is 14.9. The van der Waals surface area contributed by atoms with Crippen molar-refractivity contribution in [3.8, 4) is 5.75 Å². The predicted molar refractivity (Wildman–Crippen MR) is 159 cm³/mol. The van der Waals surface area contributed by atoms with Crippen molar-refractivity contribution in [1.82, 2.24) is 0 Å². The van der Waals surface area contributed by atoms with Crippen LogP contribution >= 0.6 is 81.2 Å². The Hall–Kier alpha value is -1.71. The summed E-state index contributed by atoms with van der Waals surface area (Å²) in [7, 11) is 0. The first-order valence-electron chi connectivity index (χ1n) is 12.2. The molecule has 0 radical (unpaired) electrons. The van der Waals surface area contributed by atoms with E-state index in [4.69, 9.17) is 85.9 Å². The van der Waals surface area contributed by atoms with E-state index in [2.05, 4.69) is 0 Å². The number of fused-ring (bicyclic) bond motifs is 5. The minimum Gasteiger partial charge on any atom is -0.426 e. The Kier molecular flexibility index (Phi) is 6.91. The van der Waals surface area contributed by atoms with Gasteiger partial charge in [-0.1, -0.05) is 70.1 Å². The first kappa shape index (κ1) is 29.4. The summed E-state index contributed by atoms with van der Waals surface area (Å²) in [5, 5.41) is 0.0395. The summed E-state index contributed by atoms with van der Waals surface area (Å²) < 4.78 is 3.53. The second-order valence-corrected chi connectivity index (χ2v) is 14.0. The summed E-state index contributed by atoms with van der Waals surface area (Å²) in [6, 6.07) is 11.2. The molecular weight excluding hydrogens is 680 g/mol.